The van der Waals surface area contributed by atoms with Gasteiger partial charge in [0.2, 0.25) is 0 Å². The van der Waals surface area contributed by atoms with Gasteiger partial charge in [-0.05, 0) is 44.1 Å². The third-order valence-electron chi connectivity index (χ3n) is 4.98. The normalized spacial score (nSPS) is 19.4. The van der Waals surface area contributed by atoms with Gasteiger partial charge in [0.1, 0.15) is 5.82 Å². The Morgan fingerprint density at radius 3 is 2.60 bits per heavy atom. The highest BCUT2D eigenvalue weighted by atomic mass is 15.1. The van der Waals surface area contributed by atoms with Crippen LogP contribution in [0.1, 0.15) is 77.6 Å². The molecule has 1 N–H and O–H groups in total. The third-order valence-corrected chi connectivity index (χ3v) is 4.98. The highest BCUT2D eigenvalue weighted by molar-refractivity contribution is 5.08. The van der Waals surface area contributed by atoms with E-state index in [1.54, 1.807) is 0 Å². The van der Waals surface area contributed by atoms with Crippen LogP contribution >= 0.6 is 0 Å². The van der Waals surface area contributed by atoms with Crippen molar-refractivity contribution in [3.05, 3.63) is 18.2 Å². The molecule has 0 aliphatic heterocycles. The van der Waals surface area contributed by atoms with Gasteiger partial charge in [0.05, 0.1) is 6.04 Å². The van der Waals surface area contributed by atoms with Gasteiger partial charge in [0, 0.05) is 18.9 Å². The minimum Gasteiger partial charge on any atom is -0.334 e. The van der Waals surface area contributed by atoms with Gasteiger partial charge < -0.3 is 9.88 Å². The zero-order valence-corrected chi connectivity index (χ0v) is 13.5. The van der Waals surface area contributed by atoms with E-state index in [9.17, 15) is 0 Å². The molecule has 0 amide bonds. The molecule has 3 heteroatoms. The van der Waals surface area contributed by atoms with E-state index in [4.69, 9.17) is 4.98 Å². The zero-order chi connectivity index (χ0) is 14.4. The van der Waals surface area contributed by atoms with Crippen LogP contribution in [0.15, 0.2) is 12.4 Å². The molecular formula is C17H31N3. The van der Waals surface area contributed by atoms with Crippen molar-refractivity contribution < 1.29 is 0 Å². The van der Waals surface area contributed by atoms with E-state index in [2.05, 4.69) is 36.9 Å². The second-order valence-corrected chi connectivity index (χ2v) is 6.29. The van der Waals surface area contributed by atoms with Crippen LogP contribution in [0.4, 0.5) is 0 Å². The van der Waals surface area contributed by atoms with Crippen LogP contribution in [-0.4, -0.2) is 16.1 Å². The first-order valence-electron chi connectivity index (χ1n) is 8.51. The molecule has 0 saturated heterocycles. The van der Waals surface area contributed by atoms with E-state index in [-0.39, 0.29) is 0 Å². The molecule has 3 nitrogen and oxygen atoms in total. The third kappa shape index (κ3) is 3.08. The molecule has 1 aromatic rings. The minimum absolute atomic E-state index is 0.423. The molecule has 0 bridgehead atoms. The highest BCUT2D eigenvalue weighted by Gasteiger charge is 2.42. The SMILES string of the molecule is CCCNC(c1nccn1CCC)C1(CC)CCCC1. The number of hydrogen-bond acceptors (Lipinski definition) is 2. The smallest absolute Gasteiger partial charge is 0.126 e. The van der Waals surface area contributed by atoms with Gasteiger partial charge in [-0.3, -0.25) is 0 Å². The molecule has 0 aromatic carbocycles. The van der Waals surface area contributed by atoms with E-state index in [1.807, 2.05) is 6.20 Å². The predicted molar refractivity (Wildman–Crippen MR) is 84.7 cm³/mol. The summed E-state index contributed by atoms with van der Waals surface area (Å²) in [6.07, 6.45) is 13.2. The molecule has 1 aliphatic rings. The molecule has 1 aromatic heterocycles. The Bertz CT molecular complexity index is 391. The summed E-state index contributed by atoms with van der Waals surface area (Å²) < 4.78 is 2.36. The summed E-state index contributed by atoms with van der Waals surface area (Å²) in [7, 11) is 0. The Morgan fingerprint density at radius 1 is 1.25 bits per heavy atom. The van der Waals surface area contributed by atoms with Crippen molar-refractivity contribution in [1.29, 1.82) is 0 Å². The molecule has 1 heterocycles. The Hall–Kier alpha value is -0.830. The molecule has 2 rings (SSSR count). The number of aromatic nitrogens is 2. The Morgan fingerprint density at radius 2 is 2.00 bits per heavy atom. The lowest BCUT2D eigenvalue weighted by atomic mass is 9.75. The van der Waals surface area contributed by atoms with Gasteiger partial charge in [-0.25, -0.2) is 4.98 Å². The molecule has 20 heavy (non-hydrogen) atoms. The van der Waals surface area contributed by atoms with Gasteiger partial charge >= 0.3 is 0 Å². The molecule has 1 aliphatic carbocycles. The average molecular weight is 277 g/mol. The quantitative estimate of drug-likeness (QED) is 0.767. The summed E-state index contributed by atoms with van der Waals surface area (Å²) in [5.41, 5.74) is 0.423. The Balaban J connectivity index is 2.28. The maximum atomic E-state index is 4.73. The van der Waals surface area contributed by atoms with Gasteiger partial charge in [-0.2, -0.15) is 0 Å². The summed E-state index contributed by atoms with van der Waals surface area (Å²) >= 11 is 0. The van der Waals surface area contributed by atoms with Gasteiger partial charge in [0.25, 0.3) is 0 Å². The standard InChI is InChI=1S/C17H31N3/c1-4-11-18-15(17(6-3)9-7-8-10-17)16-19-12-14-20(16)13-5-2/h12,14-15,18H,4-11,13H2,1-3H3. The Labute approximate surface area is 124 Å². The molecule has 1 atom stereocenters. The van der Waals surface area contributed by atoms with Crippen molar-refractivity contribution in [3.8, 4) is 0 Å². The van der Waals surface area contributed by atoms with Gasteiger partial charge in [-0.15, -0.1) is 0 Å². The summed E-state index contributed by atoms with van der Waals surface area (Å²) in [4.78, 5) is 4.73. The second-order valence-electron chi connectivity index (χ2n) is 6.29. The second kappa shape index (κ2) is 7.26. The maximum Gasteiger partial charge on any atom is 0.126 e. The van der Waals surface area contributed by atoms with E-state index in [1.165, 1.54) is 50.8 Å². The molecule has 1 fully saturated rings. The fourth-order valence-corrected chi connectivity index (χ4v) is 3.81. The number of aryl methyl sites for hydroxylation is 1. The average Bonchev–Trinajstić information content (AvgIpc) is 3.10. The molecular weight excluding hydrogens is 246 g/mol. The summed E-state index contributed by atoms with van der Waals surface area (Å²) in [6, 6.07) is 0.427. The molecule has 1 unspecified atom stereocenters. The first-order valence-corrected chi connectivity index (χ1v) is 8.51. The van der Waals surface area contributed by atoms with Crippen LogP contribution in [0.2, 0.25) is 0 Å². The van der Waals surface area contributed by atoms with Crippen molar-refractivity contribution in [2.24, 2.45) is 5.41 Å². The van der Waals surface area contributed by atoms with E-state index < -0.39 is 0 Å². The van der Waals surface area contributed by atoms with Crippen LogP contribution < -0.4 is 5.32 Å². The fraction of sp³-hybridized carbons (Fsp3) is 0.824. The monoisotopic (exact) mass is 277 g/mol. The van der Waals surface area contributed by atoms with Crippen molar-refractivity contribution in [3.63, 3.8) is 0 Å². The summed E-state index contributed by atoms with van der Waals surface area (Å²) in [5, 5.41) is 3.82. The summed E-state index contributed by atoms with van der Waals surface area (Å²) in [6.45, 7) is 9.02. The summed E-state index contributed by atoms with van der Waals surface area (Å²) in [5.74, 6) is 1.27. The molecule has 0 radical (unpaired) electrons. The van der Waals surface area contributed by atoms with E-state index in [0.29, 0.717) is 11.5 Å². The van der Waals surface area contributed by atoms with Crippen molar-refractivity contribution in [1.82, 2.24) is 14.9 Å². The van der Waals surface area contributed by atoms with E-state index >= 15 is 0 Å². The predicted octanol–water partition coefficient (Wildman–Crippen LogP) is 4.30. The topological polar surface area (TPSA) is 29.9 Å². The lowest BCUT2D eigenvalue weighted by Crippen LogP contribution is -2.38. The van der Waals surface area contributed by atoms with Crippen LogP contribution in [0, 0.1) is 5.41 Å². The van der Waals surface area contributed by atoms with Crippen LogP contribution in [-0.2, 0) is 6.54 Å². The molecule has 1 saturated carbocycles. The lowest BCUT2D eigenvalue weighted by Gasteiger charge is -2.37. The van der Waals surface area contributed by atoms with Gasteiger partial charge in [0.15, 0.2) is 0 Å². The first-order chi connectivity index (χ1) is 9.77. The number of hydrogen-bond donors (Lipinski definition) is 1. The minimum atomic E-state index is 0.423. The number of rotatable bonds is 8. The molecule has 114 valence electrons. The maximum absolute atomic E-state index is 4.73. The lowest BCUT2D eigenvalue weighted by molar-refractivity contribution is 0.176. The van der Waals surface area contributed by atoms with Crippen LogP contribution in [0.3, 0.4) is 0 Å². The van der Waals surface area contributed by atoms with Crippen LogP contribution in [0.25, 0.3) is 0 Å². The molecule has 0 spiro atoms. The van der Waals surface area contributed by atoms with Gasteiger partial charge in [-0.1, -0.05) is 33.6 Å². The highest BCUT2D eigenvalue weighted by Crippen LogP contribution is 2.49. The number of nitrogens with one attached hydrogen (secondary N) is 1. The number of nitrogens with zero attached hydrogens (tertiary/aromatic N) is 2. The van der Waals surface area contributed by atoms with E-state index in [0.717, 1.165) is 13.1 Å². The first kappa shape index (κ1) is 15.6. The van der Waals surface area contributed by atoms with Crippen molar-refractivity contribution >= 4 is 0 Å². The zero-order valence-electron chi connectivity index (χ0n) is 13.5. The Kier molecular flexibility index (Phi) is 5.64. The fourth-order valence-electron chi connectivity index (χ4n) is 3.81. The van der Waals surface area contributed by atoms with Crippen molar-refractivity contribution in [2.45, 2.75) is 78.3 Å². The number of imidazole rings is 1. The largest absolute Gasteiger partial charge is 0.334 e. The van der Waals surface area contributed by atoms with Crippen LogP contribution in [0.5, 0.6) is 0 Å². The van der Waals surface area contributed by atoms with Crippen molar-refractivity contribution in [2.75, 3.05) is 6.54 Å².